The van der Waals surface area contributed by atoms with Crippen LogP contribution in [0.25, 0.3) is 0 Å². The summed E-state index contributed by atoms with van der Waals surface area (Å²) in [6, 6.07) is 8.02. The molecule has 0 fully saturated rings. The summed E-state index contributed by atoms with van der Waals surface area (Å²) in [5.74, 6) is 1.61. The normalized spacial score (nSPS) is 14.2. The van der Waals surface area contributed by atoms with Crippen molar-refractivity contribution in [2.24, 2.45) is 0 Å². The smallest absolute Gasteiger partial charge is 0.228 e. The van der Waals surface area contributed by atoms with Crippen molar-refractivity contribution < 1.29 is 4.79 Å². The predicted molar refractivity (Wildman–Crippen MR) is 85.2 cm³/mol. The van der Waals surface area contributed by atoms with Crippen LogP contribution in [0.15, 0.2) is 28.7 Å². The first-order valence-electron chi connectivity index (χ1n) is 6.93. The third-order valence-electron chi connectivity index (χ3n) is 3.70. The zero-order valence-corrected chi connectivity index (χ0v) is 13.6. The molecule has 0 atom stereocenters. The van der Waals surface area contributed by atoms with Crippen molar-refractivity contribution >= 4 is 27.7 Å². The van der Waals surface area contributed by atoms with Gasteiger partial charge in [-0.1, -0.05) is 28.1 Å². The maximum atomic E-state index is 12.3. The van der Waals surface area contributed by atoms with Crippen molar-refractivity contribution in [3.63, 3.8) is 0 Å². The number of nitrogens with zero attached hydrogens (tertiary/aromatic N) is 3. The molecule has 0 radical (unpaired) electrons. The van der Waals surface area contributed by atoms with Crippen LogP contribution in [0.2, 0.25) is 0 Å². The van der Waals surface area contributed by atoms with Crippen molar-refractivity contribution in [3.05, 3.63) is 51.4 Å². The van der Waals surface area contributed by atoms with E-state index in [0.29, 0.717) is 18.8 Å². The van der Waals surface area contributed by atoms with Crippen molar-refractivity contribution in [2.75, 3.05) is 4.90 Å². The predicted octanol–water partition coefficient (Wildman–Crippen LogP) is 3.34. The van der Waals surface area contributed by atoms with E-state index in [1.165, 1.54) is 0 Å². The molecule has 0 saturated carbocycles. The molecule has 1 aliphatic rings. The van der Waals surface area contributed by atoms with Crippen molar-refractivity contribution in [1.29, 1.82) is 0 Å². The minimum Gasteiger partial charge on any atom is -0.292 e. The number of aromatic nitrogens is 2. The van der Waals surface area contributed by atoms with Gasteiger partial charge in [-0.25, -0.2) is 9.97 Å². The van der Waals surface area contributed by atoms with E-state index in [0.717, 1.165) is 33.5 Å². The van der Waals surface area contributed by atoms with Gasteiger partial charge in [-0.3, -0.25) is 9.69 Å². The van der Waals surface area contributed by atoms with Crippen LogP contribution in [-0.4, -0.2) is 15.9 Å². The minimum atomic E-state index is 0.128. The maximum Gasteiger partial charge on any atom is 0.228 e. The molecule has 0 N–H and O–H groups in total. The maximum absolute atomic E-state index is 12.3. The summed E-state index contributed by atoms with van der Waals surface area (Å²) >= 11 is 3.43. The third kappa shape index (κ3) is 2.83. The first-order chi connectivity index (χ1) is 10.0. The quantitative estimate of drug-likeness (QED) is 0.838. The molecule has 0 saturated heterocycles. The van der Waals surface area contributed by atoms with Gasteiger partial charge in [-0.05, 0) is 38.0 Å². The van der Waals surface area contributed by atoms with Crippen LogP contribution in [0.1, 0.15) is 29.1 Å². The lowest BCUT2D eigenvalue weighted by atomic mass is 10.0. The van der Waals surface area contributed by atoms with E-state index >= 15 is 0 Å². The highest BCUT2D eigenvalue weighted by Crippen LogP contribution is 2.29. The number of amides is 1. The highest BCUT2D eigenvalue weighted by Gasteiger charge is 2.27. The number of rotatable bonds is 2. The van der Waals surface area contributed by atoms with E-state index in [4.69, 9.17) is 0 Å². The Bertz CT molecular complexity index is 697. The fourth-order valence-corrected chi connectivity index (χ4v) is 2.92. The molecular formula is C16H16BrN3O. The van der Waals surface area contributed by atoms with Gasteiger partial charge in [0.2, 0.25) is 5.91 Å². The van der Waals surface area contributed by atoms with Gasteiger partial charge in [0.05, 0.1) is 6.54 Å². The lowest BCUT2D eigenvalue weighted by molar-refractivity contribution is -0.119. The summed E-state index contributed by atoms with van der Waals surface area (Å²) in [7, 11) is 0. The summed E-state index contributed by atoms with van der Waals surface area (Å²) in [4.78, 5) is 23.0. The van der Waals surface area contributed by atoms with Crippen LogP contribution in [0.4, 0.5) is 5.82 Å². The molecule has 0 unspecified atom stereocenters. The molecule has 0 bridgehead atoms. The molecule has 0 aliphatic carbocycles. The van der Waals surface area contributed by atoms with Crippen LogP contribution in [0.5, 0.6) is 0 Å². The highest BCUT2D eigenvalue weighted by molar-refractivity contribution is 9.10. The van der Waals surface area contributed by atoms with E-state index in [9.17, 15) is 4.79 Å². The van der Waals surface area contributed by atoms with Gasteiger partial charge in [-0.2, -0.15) is 0 Å². The van der Waals surface area contributed by atoms with E-state index in [-0.39, 0.29) is 5.91 Å². The van der Waals surface area contributed by atoms with E-state index < -0.39 is 0 Å². The van der Waals surface area contributed by atoms with Gasteiger partial charge in [0.1, 0.15) is 11.6 Å². The van der Waals surface area contributed by atoms with Crippen molar-refractivity contribution in [2.45, 2.75) is 33.2 Å². The molecule has 108 valence electrons. The number of hydrogen-bond acceptors (Lipinski definition) is 3. The molecule has 2 aromatic rings. The Labute approximate surface area is 132 Å². The van der Waals surface area contributed by atoms with Crippen LogP contribution in [0, 0.1) is 13.8 Å². The van der Waals surface area contributed by atoms with Gasteiger partial charge < -0.3 is 0 Å². The fourth-order valence-electron chi connectivity index (χ4n) is 2.65. The van der Waals surface area contributed by atoms with E-state index in [2.05, 4.69) is 25.9 Å². The standard InChI is InChI=1S/C16H16BrN3O/c1-10-14-7-8-15(21)20(16(14)19-11(2)18-10)9-12-3-5-13(17)6-4-12/h3-6H,7-9H2,1-2H3. The number of anilines is 1. The van der Waals surface area contributed by atoms with Crippen molar-refractivity contribution in [1.82, 2.24) is 9.97 Å². The number of benzene rings is 1. The highest BCUT2D eigenvalue weighted by atomic mass is 79.9. The zero-order valence-electron chi connectivity index (χ0n) is 12.1. The molecule has 3 rings (SSSR count). The summed E-state index contributed by atoms with van der Waals surface area (Å²) in [6.45, 7) is 4.40. The number of halogens is 1. The summed E-state index contributed by atoms with van der Waals surface area (Å²) in [6.07, 6.45) is 1.26. The van der Waals surface area contributed by atoms with Gasteiger partial charge in [0.25, 0.3) is 0 Å². The number of carbonyl (C=O) groups is 1. The Hall–Kier alpha value is -1.75. The van der Waals surface area contributed by atoms with Gasteiger partial charge >= 0.3 is 0 Å². The van der Waals surface area contributed by atoms with Crippen molar-refractivity contribution in [3.8, 4) is 0 Å². The summed E-state index contributed by atoms with van der Waals surface area (Å²) in [5, 5.41) is 0. The zero-order chi connectivity index (χ0) is 15.0. The second kappa shape index (κ2) is 5.56. The second-order valence-electron chi connectivity index (χ2n) is 5.26. The molecule has 0 spiro atoms. The SMILES string of the molecule is Cc1nc(C)c2c(n1)N(Cc1ccc(Br)cc1)C(=O)CC2. The molecule has 4 nitrogen and oxygen atoms in total. The van der Waals surface area contributed by atoms with Crippen LogP contribution < -0.4 is 4.90 Å². The average Bonchev–Trinajstić information content (AvgIpc) is 2.44. The lowest BCUT2D eigenvalue weighted by Gasteiger charge is -2.29. The molecule has 5 heteroatoms. The van der Waals surface area contributed by atoms with Gasteiger partial charge in [0.15, 0.2) is 0 Å². The monoisotopic (exact) mass is 345 g/mol. The Morgan fingerprint density at radius 2 is 1.86 bits per heavy atom. The first kappa shape index (κ1) is 14.2. The number of hydrogen-bond donors (Lipinski definition) is 0. The molecule has 21 heavy (non-hydrogen) atoms. The van der Waals surface area contributed by atoms with Crippen LogP contribution in [0.3, 0.4) is 0 Å². The topological polar surface area (TPSA) is 46.1 Å². The molecule has 1 aromatic carbocycles. The molecular weight excluding hydrogens is 330 g/mol. The van der Waals surface area contributed by atoms with Crippen LogP contribution >= 0.6 is 15.9 Å². The minimum absolute atomic E-state index is 0.128. The largest absolute Gasteiger partial charge is 0.292 e. The first-order valence-corrected chi connectivity index (χ1v) is 7.73. The Kier molecular flexibility index (Phi) is 3.76. The number of fused-ring (bicyclic) bond motifs is 1. The second-order valence-corrected chi connectivity index (χ2v) is 6.18. The third-order valence-corrected chi connectivity index (χ3v) is 4.23. The van der Waals surface area contributed by atoms with E-state index in [1.807, 2.05) is 38.1 Å². The Morgan fingerprint density at radius 3 is 2.57 bits per heavy atom. The van der Waals surface area contributed by atoms with Gasteiger partial charge in [0, 0.05) is 22.2 Å². The molecule has 2 heterocycles. The van der Waals surface area contributed by atoms with Crippen LogP contribution in [-0.2, 0) is 17.8 Å². The summed E-state index contributed by atoms with van der Waals surface area (Å²) < 4.78 is 1.03. The lowest BCUT2D eigenvalue weighted by Crippen LogP contribution is -2.36. The summed E-state index contributed by atoms with van der Waals surface area (Å²) in [5.41, 5.74) is 3.16. The molecule has 1 aromatic heterocycles. The number of carbonyl (C=O) groups excluding carboxylic acids is 1. The molecule has 1 aliphatic heterocycles. The Morgan fingerprint density at radius 1 is 1.14 bits per heavy atom. The number of aryl methyl sites for hydroxylation is 2. The molecule has 1 amide bonds. The van der Waals surface area contributed by atoms with E-state index in [1.54, 1.807) is 4.90 Å². The Balaban J connectivity index is 1.99. The average molecular weight is 346 g/mol. The van der Waals surface area contributed by atoms with Gasteiger partial charge in [-0.15, -0.1) is 0 Å². The fraction of sp³-hybridized carbons (Fsp3) is 0.312.